The van der Waals surface area contributed by atoms with E-state index in [1.165, 1.54) is 12.1 Å². The van der Waals surface area contributed by atoms with Crippen molar-refractivity contribution in [3.8, 4) is 34.5 Å². The van der Waals surface area contributed by atoms with Crippen LogP contribution in [0.25, 0.3) is 0 Å². The first-order chi connectivity index (χ1) is 28.4. The molecular formula is C43H42F4O12. The molecule has 1 aliphatic heterocycles. The van der Waals surface area contributed by atoms with E-state index < -0.39 is 76.6 Å². The zero-order chi connectivity index (χ0) is 42.1. The molecule has 0 aromatic heterocycles. The van der Waals surface area contributed by atoms with Crippen LogP contribution >= 0.6 is 0 Å². The smallest absolute Gasteiger partial charge is 0.491 e. The predicted molar refractivity (Wildman–Crippen MR) is 200 cm³/mol. The van der Waals surface area contributed by atoms with Crippen LogP contribution in [0.3, 0.4) is 0 Å². The van der Waals surface area contributed by atoms with Crippen molar-refractivity contribution >= 4 is 23.9 Å². The first kappa shape index (κ1) is 42.5. The van der Waals surface area contributed by atoms with E-state index in [0.717, 1.165) is 24.3 Å². The van der Waals surface area contributed by atoms with Gasteiger partial charge in [0.15, 0.2) is 34.6 Å². The van der Waals surface area contributed by atoms with Gasteiger partial charge in [0.2, 0.25) is 11.5 Å². The summed E-state index contributed by atoms with van der Waals surface area (Å²) in [6.45, 7) is 7.40. The van der Waals surface area contributed by atoms with Gasteiger partial charge < -0.3 is 37.9 Å². The molecule has 3 aliphatic rings. The SMILES string of the molecule is C=CC(=O)OCCCCOc1ccc2c(c1F)CCC(C(=O)Oc1ccc(OC(=O)C3CCc4c(ccc(OCCCCOC(=O)C=C)c4F)C3)c3c1OC(F)(F)O3)C2. The lowest BCUT2D eigenvalue weighted by atomic mass is 9.83. The van der Waals surface area contributed by atoms with Gasteiger partial charge in [-0.15, -0.1) is 8.78 Å². The molecule has 314 valence electrons. The standard InChI is InChI=1S/C43H42F4O12/c1-3-35(48)54-21-7-5-19-52-31-15-11-25-23-27(9-13-29(25)37(31)44)41(50)56-33-17-18-34(40-39(33)58-43(46,47)59-40)57-42(51)28-10-14-30-26(24-28)12-16-32(38(30)45)53-20-6-8-22-55-36(49)4-2/h3-4,11-12,15-18,27-28H,1-2,5-10,13-14,19-24H2. The quantitative estimate of drug-likeness (QED) is 0.0413. The van der Waals surface area contributed by atoms with Crippen molar-refractivity contribution < 1.29 is 74.6 Å². The zero-order valence-electron chi connectivity index (χ0n) is 32.0. The highest BCUT2D eigenvalue weighted by atomic mass is 19.3. The minimum absolute atomic E-state index is 0.0553. The van der Waals surface area contributed by atoms with E-state index in [4.69, 9.17) is 28.4 Å². The number of hydrogen-bond donors (Lipinski definition) is 0. The lowest BCUT2D eigenvalue weighted by Crippen LogP contribution is -2.28. The second kappa shape index (κ2) is 19.1. The fraction of sp³-hybridized carbons (Fsp3) is 0.395. The maximum atomic E-state index is 15.3. The number of esters is 4. The van der Waals surface area contributed by atoms with Gasteiger partial charge in [0.05, 0.1) is 38.3 Å². The number of carbonyl (C=O) groups excluding carboxylic acids is 4. The maximum Gasteiger partial charge on any atom is 0.586 e. The Morgan fingerprint density at radius 2 is 1.02 bits per heavy atom. The molecule has 6 rings (SSSR count). The van der Waals surface area contributed by atoms with Crippen molar-refractivity contribution in [1.29, 1.82) is 0 Å². The summed E-state index contributed by atoms with van der Waals surface area (Å²) in [5, 5.41) is 0. The summed E-state index contributed by atoms with van der Waals surface area (Å²) >= 11 is 0. The van der Waals surface area contributed by atoms with Gasteiger partial charge in [0.1, 0.15) is 0 Å². The van der Waals surface area contributed by atoms with Gasteiger partial charge in [-0.3, -0.25) is 9.59 Å². The fourth-order valence-electron chi connectivity index (χ4n) is 6.96. The van der Waals surface area contributed by atoms with Crippen molar-refractivity contribution in [2.75, 3.05) is 26.4 Å². The Labute approximate surface area is 336 Å². The number of alkyl halides is 2. The average Bonchev–Trinajstić information content (AvgIpc) is 3.57. The molecular weight excluding hydrogens is 784 g/mol. The predicted octanol–water partition coefficient (Wildman–Crippen LogP) is 7.48. The van der Waals surface area contributed by atoms with Crippen LogP contribution in [0.4, 0.5) is 17.6 Å². The molecule has 0 radical (unpaired) electrons. The number of fused-ring (bicyclic) bond motifs is 3. The van der Waals surface area contributed by atoms with Crippen LogP contribution in [0, 0.1) is 23.5 Å². The molecule has 0 fully saturated rings. The fourth-order valence-corrected chi connectivity index (χ4v) is 6.96. The number of hydrogen-bond acceptors (Lipinski definition) is 12. The molecule has 0 saturated carbocycles. The van der Waals surface area contributed by atoms with Crippen LogP contribution in [0.1, 0.15) is 60.8 Å². The van der Waals surface area contributed by atoms with Crippen LogP contribution in [-0.4, -0.2) is 56.6 Å². The molecule has 0 saturated heterocycles. The largest absolute Gasteiger partial charge is 0.586 e. The summed E-state index contributed by atoms with van der Waals surface area (Å²) in [6, 6.07) is 8.54. The lowest BCUT2D eigenvalue weighted by Gasteiger charge is -2.25. The monoisotopic (exact) mass is 826 g/mol. The van der Waals surface area contributed by atoms with E-state index >= 15 is 8.78 Å². The molecule has 3 aromatic rings. The summed E-state index contributed by atoms with van der Waals surface area (Å²) in [5.74, 6) is -7.12. The van der Waals surface area contributed by atoms with E-state index in [1.54, 1.807) is 12.1 Å². The van der Waals surface area contributed by atoms with Crippen molar-refractivity contribution in [1.82, 2.24) is 0 Å². The third-order valence-electron chi connectivity index (χ3n) is 10.0. The Balaban J connectivity index is 1.03. The van der Waals surface area contributed by atoms with Crippen LogP contribution < -0.4 is 28.4 Å². The van der Waals surface area contributed by atoms with Gasteiger partial charge in [-0.25, -0.2) is 18.4 Å². The van der Waals surface area contributed by atoms with Gasteiger partial charge in [-0.1, -0.05) is 25.3 Å². The molecule has 16 heteroatoms. The van der Waals surface area contributed by atoms with E-state index in [0.29, 0.717) is 47.9 Å². The molecule has 0 amide bonds. The Morgan fingerprint density at radius 3 is 1.42 bits per heavy atom. The third-order valence-corrected chi connectivity index (χ3v) is 10.0. The van der Waals surface area contributed by atoms with Gasteiger partial charge in [-0.05, 0) is 111 Å². The van der Waals surface area contributed by atoms with Crippen LogP contribution in [0.15, 0.2) is 61.7 Å². The molecule has 2 aliphatic carbocycles. The van der Waals surface area contributed by atoms with E-state index in [-0.39, 0.29) is 76.5 Å². The first-order valence-electron chi connectivity index (χ1n) is 19.2. The van der Waals surface area contributed by atoms with Gasteiger partial charge in [0, 0.05) is 12.2 Å². The number of unbranched alkanes of at least 4 members (excludes halogenated alkanes) is 2. The molecule has 1 heterocycles. The highest BCUT2D eigenvalue weighted by Gasteiger charge is 2.48. The van der Waals surface area contributed by atoms with Crippen LogP contribution in [-0.2, 0) is 54.3 Å². The molecule has 0 spiro atoms. The van der Waals surface area contributed by atoms with E-state index in [2.05, 4.69) is 22.6 Å². The van der Waals surface area contributed by atoms with Crippen LogP contribution in [0.2, 0.25) is 0 Å². The van der Waals surface area contributed by atoms with E-state index in [1.807, 2.05) is 0 Å². The number of halogens is 4. The Hall–Kier alpha value is -6.06. The maximum absolute atomic E-state index is 15.3. The Bertz CT molecular complexity index is 1960. The molecule has 2 atom stereocenters. The zero-order valence-corrected chi connectivity index (χ0v) is 32.0. The molecule has 59 heavy (non-hydrogen) atoms. The minimum Gasteiger partial charge on any atom is -0.491 e. The number of carbonyl (C=O) groups is 4. The highest BCUT2D eigenvalue weighted by molar-refractivity contribution is 5.82. The number of rotatable bonds is 18. The Kier molecular flexibility index (Phi) is 13.8. The summed E-state index contributed by atoms with van der Waals surface area (Å²) in [6.07, 6.45) is 1.04. The van der Waals surface area contributed by atoms with Crippen molar-refractivity contribution in [2.24, 2.45) is 11.8 Å². The topological polar surface area (TPSA) is 142 Å². The second-order valence-corrected chi connectivity index (χ2v) is 14.0. The molecule has 0 bridgehead atoms. The number of benzene rings is 3. The van der Waals surface area contributed by atoms with Gasteiger partial charge in [0.25, 0.3) is 0 Å². The van der Waals surface area contributed by atoms with Crippen molar-refractivity contribution in [3.05, 3.63) is 95.6 Å². The lowest BCUT2D eigenvalue weighted by molar-refractivity contribution is -0.287. The van der Waals surface area contributed by atoms with E-state index in [9.17, 15) is 28.0 Å². The van der Waals surface area contributed by atoms with Gasteiger partial charge in [-0.2, -0.15) is 0 Å². The second-order valence-electron chi connectivity index (χ2n) is 14.0. The Morgan fingerprint density at radius 1 is 0.627 bits per heavy atom. The summed E-state index contributed by atoms with van der Waals surface area (Å²) < 4.78 is 101. The highest BCUT2D eigenvalue weighted by Crippen LogP contribution is 2.53. The van der Waals surface area contributed by atoms with Crippen molar-refractivity contribution in [2.45, 2.75) is 70.5 Å². The molecule has 0 N–H and O–H groups in total. The third kappa shape index (κ3) is 10.5. The normalized spacial score (nSPS) is 17.1. The minimum atomic E-state index is -4.16. The van der Waals surface area contributed by atoms with Crippen molar-refractivity contribution in [3.63, 3.8) is 0 Å². The first-order valence-corrected chi connectivity index (χ1v) is 19.2. The van der Waals surface area contributed by atoms with Crippen LogP contribution in [0.5, 0.6) is 34.5 Å². The summed E-state index contributed by atoms with van der Waals surface area (Å²) in [5.41, 5.74) is 1.93. The molecule has 3 aromatic carbocycles. The summed E-state index contributed by atoms with van der Waals surface area (Å²) in [7, 11) is 0. The average molecular weight is 827 g/mol. The van der Waals surface area contributed by atoms with Gasteiger partial charge >= 0.3 is 30.2 Å². The molecule has 12 nitrogen and oxygen atoms in total. The summed E-state index contributed by atoms with van der Waals surface area (Å²) in [4.78, 5) is 48.9. The number of ether oxygens (including phenoxy) is 8. The molecule has 2 unspecified atom stereocenters.